The molecule has 0 fully saturated rings. The second kappa shape index (κ2) is 12.4. The Morgan fingerprint density at radius 2 is 1.71 bits per heavy atom. The molecule has 0 spiro atoms. The number of ether oxygens (including phenoxy) is 2. The van der Waals surface area contributed by atoms with Crippen LogP contribution in [0.2, 0.25) is 5.02 Å². The number of carbonyl (C=O) groups excluding carboxylic acids is 1. The third-order valence-electron chi connectivity index (χ3n) is 7.23. The average Bonchev–Trinajstić information content (AvgIpc) is 3.34. The molecule has 0 aliphatic carbocycles. The van der Waals surface area contributed by atoms with Crippen LogP contribution < -0.4 is 19.6 Å². The first-order chi connectivity index (χ1) is 21.6. The molecule has 45 heavy (non-hydrogen) atoms. The number of fused-ring (bicyclic) bond motifs is 2. The van der Waals surface area contributed by atoms with E-state index in [1.165, 1.54) is 31.2 Å². The van der Waals surface area contributed by atoms with Crippen LogP contribution in [-0.4, -0.2) is 23.3 Å². The van der Waals surface area contributed by atoms with Gasteiger partial charge in [0.05, 0.1) is 22.8 Å². The zero-order valence-corrected chi connectivity index (χ0v) is 25.2. The van der Waals surface area contributed by atoms with Crippen LogP contribution in [0.5, 0.6) is 5.75 Å². The summed E-state index contributed by atoms with van der Waals surface area (Å²) in [4.78, 5) is 30.3. The monoisotopic (exact) mass is 648 g/mol. The molecule has 0 saturated carbocycles. The van der Waals surface area contributed by atoms with Gasteiger partial charge in [-0.2, -0.15) is 13.2 Å². The number of carbonyl (C=O) groups is 1. The molecule has 1 aliphatic heterocycles. The quantitative estimate of drug-likeness (QED) is 0.184. The van der Waals surface area contributed by atoms with Gasteiger partial charge in [0.2, 0.25) is 0 Å². The number of nitrogens with zero attached hydrogens (tertiary/aromatic N) is 2. The van der Waals surface area contributed by atoms with E-state index in [-0.39, 0.29) is 21.5 Å². The van der Waals surface area contributed by atoms with Crippen molar-refractivity contribution in [3.63, 3.8) is 0 Å². The lowest BCUT2D eigenvalue weighted by atomic mass is 9.95. The van der Waals surface area contributed by atoms with Gasteiger partial charge in [0.1, 0.15) is 12.4 Å². The standard InChI is InChI=1S/C34H24ClF3N2O4S/c1-2-43-32(42)28-29(22-12-14-24(35)15-13-22)40-31(41)27(45-33(40)39-30(28)34(36,37)38)18-20-10-16-25(17-11-20)44-19-23-8-5-7-21-6-3-4-9-26(21)23/h3-18,29H,2,19H2,1H3/b27-18-/t29-/m1/s1. The molecule has 5 aromatic rings. The molecular formula is C34H24ClF3N2O4S. The molecule has 0 radical (unpaired) electrons. The maximum atomic E-state index is 14.3. The molecule has 0 N–H and O–H groups in total. The Morgan fingerprint density at radius 1 is 1.00 bits per heavy atom. The van der Waals surface area contributed by atoms with Crippen molar-refractivity contribution in [1.82, 2.24) is 4.57 Å². The van der Waals surface area contributed by atoms with E-state index in [2.05, 4.69) is 4.99 Å². The molecule has 6 rings (SSSR count). The molecule has 0 unspecified atom stereocenters. The third kappa shape index (κ3) is 6.16. The molecule has 228 valence electrons. The molecule has 2 heterocycles. The molecule has 1 atom stereocenters. The molecule has 1 aliphatic rings. The molecule has 6 nitrogen and oxygen atoms in total. The SMILES string of the molecule is CCOC(=O)C1=C(C(F)(F)F)N=c2s/c(=C\c3ccc(OCc4cccc5ccccc45)cc3)c(=O)n2[C@@H]1c1ccc(Cl)cc1. The van der Waals surface area contributed by atoms with Gasteiger partial charge >= 0.3 is 12.1 Å². The molecule has 0 amide bonds. The van der Waals surface area contributed by atoms with Gasteiger partial charge in [-0.05, 0) is 64.7 Å². The van der Waals surface area contributed by atoms with E-state index in [0.29, 0.717) is 22.9 Å². The zero-order chi connectivity index (χ0) is 31.7. The largest absolute Gasteiger partial charge is 0.489 e. The Bertz CT molecular complexity index is 2110. The van der Waals surface area contributed by atoms with Crippen molar-refractivity contribution >= 4 is 45.8 Å². The van der Waals surface area contributed by atoms with Crippen LogP contribution in [0.3, 0.4) is 0 Å². The number of hydrogen-bond acceptors (Lipinski definition) is 6. The van der Waals surface area contributed by atoms with Crippen molar-refractivity contribution in [2.45, 2.75) is 25.7 Å². The fraction of sp³-hybridized carbons (Fsp3) is 0.147. The van der Waals surface area contributed by atoms with Crippen molar-refractivity contribution in [1.29, 1.82) is 0 Å². The van der Waals surface area contributed by atoms with Crippen LogP contribution in [-0.2, 0) is 16.1 Å². The Hall–Kier alpha value is -4.67. The first-order valence-electron chi connectivity index (χ1n) is 13.9. The van der Waals surface area contributed by atoms with Crippen molar-refractivity contribution < 1.29 is 27.4 Å². The van der Waals surface area contributed by atoms with Crippen LogP contribution in [0.15, 0.2) is 112 Å². The minimum absolute atomic E-state index is 0.142. The zero-order valence-electron chi connectivity index (χ0n) is 23.7. The molecule has 0 saturated heterocycles. The van der Waals surface area contributed by atoms with Gasteiger partial charge in [-0.25, -0.2) is 9.79 Å². The predicted octanol–water partition coefficient (Wildman–Crippen LogP) is 6.73. The summed E-state index contributed by atoms with van der Waals surface area (Å²) in [7, 11) is 0. The Balaban J connectivity index is 1.37. The van der Waals surface area contributed by atoms with Crippen LogP contribution >= 0.6 is 22.9 Å². The molecular weight excluding hydrogens is 625 g/mol. The summed E-state index contributed by atoms with van der Waals surface area (Å²) in [5.41, 5.74) is -0.854. The van der Waals surface area contributed by atoms with E-state index in [1.807, 2.05) is 42.5 Å². The van der Waals surface area contributed by atoms with Crippen LogP contribution in [0.1, 0.15) is 29.7 Å². The van der Waals surface area contributed by atoms with Gasteiger partial charge in [-0.1, -0.05) is 89.7 Å². The van der Waals surface area contributed by atoms with Gasteiger partial charge in [0.15, 0.2) is 10.5 Å². The maximum absolute atomic E-state index is 14.3. The van der Waals surface area contributed by atoms with Gasteiger partial charge < -0.3 is 9.47 Å². The van der Waals surface area contributed by atoms with Crippen molar-refractivity contribution in [3.05, 3.63) is 144 Å². The smallest absolute Gasteiger partial charge is 0.434 e. The van der Waals surface area contributed by atoms with E-state index in [0.717, 1.165) is 32.2 Å². The van der Waals surface area contributed by atoms with Gasteiger partial charge in [0.25, 0.3) is 5.56 Å². The third-order valence-corrected chi connectivity index (χ3v) is 8.47. The second-order valence-corrected chi connectivity index (χ2v) is 11.6. The van der Waals surface area contributed by atoms with Gasteiger partial charge in [-0.15, -0.1) is 0 Å². The summed E-state index contributed by atoms with van der Waals surface area (Å²) < 4.78 is 55.1. The van der Waals surface area contributed by atoms with E-state index < -0.39 is 35.0 Å². The Kier molecular flexibility index (Phi) is 8.35. The highest BCUT2D eigenvalue weighted by Crippen LogP contribution is 2.38. The van der Waals surface area contributed by atoms with Crippen LogP contribution in [0.25, 0.3) is 16.8 Å². The molecule has 4 aromatic carbocycles. The van der Waals surface area contributed by atoms with E-state index in [9.17, 15) is 22.8 Å². The first-order valence-corrected chi connectivity index (χ1v) is 15.1. The summed E-state index contributed by atoms with van der Waals surface area (Å²) in [6, 6.07) is 25.5. The molecule has 11 heteroatoms. The van der Waals surface area contributed by atoms with E-state index >= 15 is 0 Å². The Morgan fingerprint density at radius 3 is 2.42 bits per heavy atom. The van der Waals surface area contributed by atoms with Crippen molar-refractivity contribution in [2.24, 2.45) is 4.99 Å². The molecule has 0 bridgehead atoms. The van der Waals surface area contributed by atoms with Crippen LogP contribution in [0.4, 0.5) is 13.2 Å². The number of allylic oxidation sites excluding steroid dienone is 1. The lowest BCUT2D eigenvalue weighted by Crippen LogP contribution is -2.41. The predicted molar refractivity (Wildman–Crippen MR) is 167 cm³/mol. The number of alkyl halides is 3. The Labute approximate surface area is 263 Å². The first kappa shape index (κ1) is 30.4. The number of esters is 1. The maximum Gasteiger partial charge on any atom is 0.434 e. The highest BCUT2D eigenvalue weighted by atomic mass is 35.5. The lowest BCUT2D eigenvalue weighted by Gasteiger charge is -2.26. The number of hydrogen-bond donors (Lipinski definition) is 0. The van der Waals surface area contributed by atoms with Crippen molar-refractivity contribution in [3.8, 4) is 5.75 Å². The minimum atomic E-state index is -4.98. The number of halogens is 4. The number of benzene rings is 4. The summed E-state index contributed by atoms with van der Waals surface area (Å²) in [5, 5.41) is 2.56. The van der Waals surface area contributed by atoms with E-state index in [4.69, 9.17) is 21.1 Å². The van der Waals surface area contributed by atoms with E-state index in [1.54, 1.807) is 30.3 Å². The fourth-order valence-corrected chi connectivity index (χ4v) is 6.32. The topological polar surface area (TPSA) is 69.9 Å². The number of aromatic nitrogens is 1. The summed E-state index contributed by atoms with van der Waals surface area (Å²) in [6.07, 6.45) is -3.41. The average molecular weight is 649 g/mol. The second-order valence-electron chi connectivity index (χ2n) is 10.1. The van der Waals surface area contributed by atoms with Crippen molar-refractivity contribution in [2.75, 3.05) is 6.61 Å². The fourth-order valence-electron chi connectivity index (χ4n) is 5.19. The highest BCUT2D eigenvalue weighted by Gasteiger charge is 2.45. The number of rotatable bonds is 7. The van der Waals surface area contributed by atoms with Gasteiger partial charge in [0, 0.05) is 5.02 Å². The highest BCUT2D eigenvalue weighted by molar-refractivity contribution is 7.07. The lowest BCUT2D eigenvalue weighted by molar-refractivity contribution is -0.140. The number of thiazole rings is 1. The van der Waals surface area contributed by atoms with Gasteiger partial charge in [-0.3, -0.25) is 9.36 Å². The molecule has 1 aromatic heterocycles. The minimum Gasteiger partial charge on any atom is -0.489 e. The summed E-state index contributed by atoms with van der Waals surface area (Å²) in [5.74, 6) is -0.597. The van der Waals surface area contributed by atoms with Crippen LogP contribution in [0, 0.1) is 0 Å². The summed E-state index contributed by atoms with van der Waals surface area (Å²) in [6.45, 7) is 1.68. The summed E-state index contributed by atoms with van der Waals surface area (Å²) >= 11 is 6.83. The normalized spacial score (nSPS) is 15.1.